The molecule has 1 heterocycles. The van der Waals surface area contributed by atoms with E-state index in [9.17, 15) is 5.11 Å². The largest absolute Gasteiger partial charge is 0.393 e. The van der Waals surface area contributed by atoms with E-state index >= 15 is 0 Å². The van der Waals surface area contributed by atoms with Crippen LogP contribution >= 0.6 is 23.2 Å². The fourth-order valence-electron chi connectivity index (χ4n) is 2.00. The van der Waals surface area contributed by atoms with Gasteiger partial charge in [-0.3, -0.25) is 4.68 Å². The number of halogens is 2. The first-order valence-electron chi connectivity index (χ1n) is 6.15. The van der Waals surface area contributed by atoms with Crippen LogP contribution in [0.2, 0.25) is 10.0 Å². The Bertz CT molecular complexity index is 554. The molecule has 1 aromatic carbocycles. The van der Waals surface area contributed by atoms with Crippen LogP contribution in [0.4, 0.5) is 0 Å². The molecule has 0 aliphatic carbocycles. The normalized spacial score (nSPS) is 12.6. The summed E-state index contributed by atoms with van der Waals surface area (Å²) in [6, 6.07) is 7.31. The molecule has 19 heavy (non-hydrogen) atoms. The molecule has 1 aromatic heterocycles. The molecule has 0 spiro atoms. The highest BCUT2D eigenvalue weighted by molar-refractivity contribution is 6.35. The molecule has 1 N–H and O–H groups in total. The van der Waals surface area contributed by atoms with Crippen LogP contribution in [-0.4, -0.2) is 21.0 Å². The predicted octanol–water partition coefficient (Wildman–Crippen LogP) is 3.26. The second-order valence-corrected chi connectivity index (χ2v) is 5.42. The molecule has 3 nitrogen and oxygen atoms in total. The third kappa shape index (κ3) is 3.96. The van der Waals surface area contributed by atoms with Gasteiger partial charge >= 0.3 is 0 Å². The standard InChI is InChI=1S/C14H16Cl2N2O/c1-18-12(6-7-17-18)4-5-13(19)8-10-2-3-11(15)9-14(10)16/h2-3,6-7,9,13,19H,4-5,8H2,1H3. The second-order valence-electron chi connectivity index (χ2n) is 4.58. The lowest BCUT2D eigenvalue weighted by Gasteiger charge is -2.12. The number of benzene rings is 1. The van der Waals surface area contributed by atoms with Gasteiger partial charge < -0.3 is 5.11 Å². The van der Waals surface area contributed by atoms with E-state index in [1.807, 2.05) is 23.9 Å². The topological polar surface area (TPSA) is 38.0 Å². The van der Waals surface area contributed by atoms with Crippen LogP contribution in [-0.2, 0) is 19.9 Å². The van der Waals surface area contributed by atoms with Crippen LogP contribution in [0, 0.1) is 0 Å². The van der Waals surface area contributed by atoms with E-state index < -0.39 is 6.10 Å². The van der Waals surface area contributed by atoms with Gasteiger partial charge in [0, 0.05) is 29.0 Å². The number of aromatic nitrogens is 2. The smallest absolute Gasteiger partial charge is 0.0584 e. The van der Waals surface area contributed by atoms with Gasteiger partial charge in [-0.05, 0) is 43.0 Å². The van der Waals surface area contributed by atoms with Crippen molar-refractivity contribution in [2.75, 3.05) is 0 Å². The van der Waals surface area contributed by atoms with Crippen molar-refractivity contribution in [3.63, 3.8) is 0 Å². The lowest BCUT2D eigenvalue weighted by atomic mass is 10.0. The first kappa shape index (κ1) is 14.4. The van der Waals surface area contributed by atoms with Gasteiger partial charge in [-0.1, -0.05) is 29.3 Å². The molecule has 1 atom stereocenters. The van der Waals surface area contributed by atoms with E-state index in [1.54, 1.807) is 18.3 Å². The minimum Gasteiger partial charge on any atom is -0.393 e. The number of aryl methyl sites for hydroxylation is 2. The molecule has 0 bridgehead atoms. The van der Waals surface area contributed by atoms with E-state index in [0.717, 1.165) is 17.7 Å². The predicted molar refractivity (Wildman–Crippen MR) is 77.7 cm³/mol. The van der Waals surface area contributed by atoms with Crippen molar-refractivity contribution in [2.45, 2.75) is 25.4 Å². The third-order valence-corrected chi connectivity index (χ3v) is 3.71. The van der Waals surface area contributed by atoms with Crippen LogP contribution in [0.5, 0.6) is 0 Å². The summed E-state index contributed by atoms with van der Waals surface area (Å²) in [7, 11) is 1.90. The molecule has 0 saturated carbocycles. The Morgan fingerprint density at radius 2 is 2.11 bits per heavy atom. The van der Waals surface area contributed by atoms with Crippen molar-refractivity contribution in [1.82, 2.24) is 9.78 Å². The summed E-state index contributed by atoms with van der Waals surface area (Å²) < 4.78 is 1.82. The summed E-state index contributed by atoms with van der Waals surface area (Å²) in [4.78, 5) is 0. The molecule has 0 amide bonds. The Morgan fingerprint density at radius 3 is 2.74 bits per heavy atom. The molecule has 0 fully saturated rings. The number of aliphatic hydroxyl groups is 1. The number of rotatable bonds is 5. The van der Waals surface area contributed by atoms with Gasteiger partial charge in [0.15, 0.2) is 0 Å². The molecule has 0 radical (unpaired) electrons. The number of hydrogen-bond donors (Lipinski definition) is 1. The highest BCUT2D eigenvalue weighted by atomic mass is 35.5. The fraction of sp³-hybridized carbons (Fsp3) is 0.357. The number of aliphatic hydroxyl groups excluding tert-OH is 1. The minimum atomic E-state index is -0.423. The van der Waals surface area contributed by atoms with E-state index in [4.69, 9.17) is 23.2 Å². The van der Waals surface area contributed by atoms with Crippen molar-refractivity contribution < 1.29 is 5.11 Å². The lowest BCUT2D eigenvalue weighted by Crippen LogP contribution is -2.13. The zero-order valence-electron chi connectivity index (χ0n) is 10.7. The first-order chi connectivity index (χ1) is 9.06. The average Bonchev–Trinajstić information content (AvgIpc) is 2.76. The quantitative estimate of drug-likeness (QED) is 0.920. The van der Waals surface area contributed by atoms with Crippen molar-refractivity contribution in [3.05, 3.63) is 51.8 Å². The Hall–Kier alpha value is -1.03. The molecule has 0 aliphatic rings. The molecule has 5 heteroatoms. The first-order valence-corrected chi connectivity index (χ1v) is 6.90. The molecule has 102 valence electrons. The summed E-state index contributed by atoms with van der Waals surface area (Å²) in [5.41, 5.74) is 2.03. The Morgan fingerprint density at radius 1 is 1.32 bits per heavy atom. The number of nitrogens with zero attached hydrogens (tertiary/aromatic N) is 2. The fourth-order valence-corrected chi connectivity index (χ4v) is 2.49. The highest BCUT2D eigenvalue weighted by Crippen LogP contribution is 2.22. The van der Waals surface area contributed by atoms with Gasteiger partial charge in [-0.2, -0.15) is 5.10 Å². The zero-order valence-corrected chi connectivity index (χ0v) is 12.2. The summed E-state index contributed by atoms with van der Waals surface area (Å²) >= 11 is 11.9. The maximum atomic E-state index is 10.1. The van der Waals surface area contributed by atoms with Crippen LogP contribution in [0.3, 0.4) is 0 Å². The van der Waals surface area contributed by atoms with Crippen LogP contribution in [0.1, 0.15) is 17.7 Å². The highest BCUT2D eigenvalue weighted by Gasteiger charge is 2.10. The zero-order chi connectivity index (χ0) is 13.8. The Balaban J connectivity index is 1.90. The molecule has 1 unspecified atom stereocenters. The Labute approximate surface area is 122 Å². The Kier molecular flexibility index (Phi) is 4.86. The van der Waals surface area contributed by atoms with Crippen molar-refractivity contribution in [2.24, 2.45) is 7.05 Å². The summed E-state index contributed by atoms with van der Waals surface area (Å²) in [6.07, 6.45) is 3.35. The van der Waals surface area contributed by atoms with Crippen molar-refractivity contribution >= 4 is 23.2 Å². The number of hydrogen-bond acceptors (Lipinski definition) is 2. The van der Waals surface area contributed by atoms with Crippen molar-refractivity contribution in [3.8, 4) is 0 Å². The molecule has 0 aliphatic heterocycles. The SMILES string of the molecule is Cn1nccc1CCC(O)Cc1ccc(Cl)cc1Cl. The van der Waals surface area contributed by atoms with E-state index in [0.29, 0.717) is 22.9 Å². The van der Waals surface area contributed by atoms with Crippen LogP contribution < -0.4 is 0 Å². The van der Waals surface area contributed by atoms with E-state index in [1.165, 1.54) is 0 Å². The maximum absolute atomic E-state index is 10.1. The molecule has 0 saturated heterocycles. The van der Waals surface area contributed by atoms with Crippen LogP contribution in [0.15, 0.2) is 30.5 Å². The summed E-state index contributed by atoms with van der Waals surface area (Å²) in [5.74, 6) is 0. The molecular weight excluding hydrogens is 283 g/mol. The van der Waals surface area contributed by atoms with Gasteiger partial charge in [-0.15, -0.1) is 0 Å². The monoisotopic (exact) mass is 298 g/mol. The molecule has 2 aromatic rings. The minimum absolute atomic E-state index is 0.423. The lowest BCUT2D eigenvalue weighted by molar-refractivity contribution is 0.164. The summed E-state index contributed by atoms with van der Waals surface area (Å²) in [5, 5.41) is 15.4. The van der Waals surface area contributed by atoms with E-state index in [-0.39, 0.29) is 0 Å². The van der Waals surface area contributed by atoms with Gasteiger partial charge in [0.25, 0.3) is 0 Å². The van der Waals surface area contributed by atoms with Crippen molar-refractivity contribution in [1.29, 1.82) is 0 Å². The molecule has 2 rings (SSSR count). The van der Waals surface area contributed by atoms with Gasteiger partial charge in [0.1, 0.15) is 0 Å². The maximum Gasteiger partial charge on any atom is 0.0584 e. The van der Waals surface area contributed by atoms with Gasteiger partial charge in [-0.25, -0.2) is 0 Å². The van der Waals surface area contributed by atoms with Crippen LogP contribution in [0.25, 0.3) is 0 Å². The second kappa shape index (κ2) is 6.42. The van der Waals surface area contributed by atoms with Gasteiger partial charge in [0.2, 0.25) is 0 Å². The van der Waals surface area contributed by atoms with Gasteiger partial charge in [0.05, 0.1) is 6.10 Å². The summed E-state index contributed by atoms with van der Waals surface area (Å²) in [6.45, 7) is 0. The third-order valence-electron chi connectivity index (χ3n) is 3.13. The van der Waals surface area contributed by atoms with E-state index in [2.05, 4.69) is 5.10 Å². The average molecular weight is 299 g/mol. The molecular formula is C14H16Cl2N2O.